The van der Waals surface area contributed by atoms with Crippen molar-refractivity contribution in [1.82, 2.24) is 10.3 Å². The number of hydrogen-bond acceptors (Lipinski definition) is 4. The first-order chi connectivity index (χ1) is 10.2. The Hall–Kier alpha value is -1.18. The molecule has 0 atom stereocenters. The lowest BCUT2D eigenvalue weighted by Gasteiger charge is -2.03. The highest BCUT2D eigenvalue weighted by Crippen LogP contribution is 2.20. The first-order valence-corrected chi connectivity index (χ1v) is 9.20. The fraction of sp³-hybridized carbons (Fsp3) is 0.357. The van der Waals surface area contributed by atoms with E-state index in [1.165, 1.54) is 12.1 Å². The van der Waals surface area contributed by atoms with Crippen LogP contribution in [0.25, 0.3) is 10.9 Å². The molecule has 0 saturated heterocycles. The Bertz CT molecular complexity index is 603. The van der Waals surface area contributed by atoms with Gasteiger partial charge in [0.25, 0.3) is 5.91 Å². The highest BCUT2D eigenvalue weighted by Gasteiger charge is 2.09. The Labute approximate surface area is 130 Å². The van der Waals surface area contributed by atoms with Gasteiger partial charge in [-0.15, -0.1) is 0 Å². The van der Waals surface area contributed by atoms with Crippen LogP contribution in [-0.2, 0) is 0 Å². The predicted octanol–water partition coefficient (Wildman–Crippen LogP) is 2.77. The number of aromatic nitrogens is 1. The summed E-state index contributed by atoms with van der Waals surface area (Å²) in [6.07, 6.45) is 0.906. The third-order valence-electron chi connectivity index (χ3n) is 2.80. The number of aromatic amines is 1. The molecule has 0 fully saturated rings. The summed E-state index contributed by atoms with van der Waals surface area (Å²) in [5, 5.41) is 3.56. The van der Waals surface area contributed by atoms with Gasteiger partial charge in [0, 0.05) is 35.5 Å². The molecule has 0 aliphatic rings. The maximum absolute atomic E-state index is 13.1. The van der Waals surface area contributed by atoms with Crippen LogP contribution < -0.4 is 11.1 Å². The fourth-order valence-corrected chi connectivity index (χ4v) is 3.76. The largest absolute Gasteiger partial charge is 0.351 e. The number of nitrogens with two attached hydrogens (primary N) is 1. The first kappa shape index (κ1) is 16.2. The number of nitrogens with one attached hydrogen (secondary N) is 2. The number of halogens is 1. The van der Waals surface area contributed by atoms with Gasteiger partial charge in [-0.1, -0.05) is 21.6 Å². The van der Waals surface area contributed by atoms with Crippen LogP contribution in [0.2, 0.25) is 0 Å². The molecule has 0 saturated carbocycles. The van der Waals surface area contributed by atoms with Gasteiger partial charge in [-0.3, -0.25) is 4.79 Å². The number of carbonyl (C=O) groups is 1. The summed E-state index contributed by atoms with van der Waals surface area (Å²) in [5.74, 6) is 1.46. The minimum atomic E-state index is -0.305. The molecule has 0 spiro atoms. The average Bonchev–Trinajstić information content (AvgIpc) is 2.89. The van der Waals surface area contributed by atoms with Gasteiger partial charge in [0.2, 0.25) is 0 Å². The van der Waals surface area contributed by atoms with Crippen molar-refractivity contribution in [1.29, 1.82) is 0 Å². The Morgan fingerprint density at radius 2 is 2.10 bits per heavy atom. The fourth-order valence-electron chi connectivity index (χ4n) is 1.82. The molecule has 1 heterocycles. The molecule has 4 nitrogen and oxygen atoms in total. The lowest BCUT2D eigenvalue weighted by Crippen LogP contribution is -2.25. The summed E-state index contributed by atoms with van der Waals surface area (Å²) in [6, 6.07) is 6.08. The smallest absolute Gasteiger partial charge is 0.267 e. The summed E-state index contributed by atoms with van der Waals surface area (Å²) < 4.78 is 13.1. The number of H-pyrrole nitrogens is 1. The zero-order valence-electron chi connectivity index (χ0n) is 11.5. The predicted molar refractivity (Wildman–Crippen MR) is 89.2 cm³/mol. The van der Waals surface area contributed by atoms with Gasteiger partial charge in [0.05, 0.1) is 0 Å². The van der Waals surface area contributed by atoms with E-state index < -0.39 is 0 Å². The van der Waals surface area contributed by atoms with E-state index >= 15 is 0 Å². The standard InChI is InChI=1S/C14H18FN3OS2/c15-11-2-3-12-10(8-11)9-13(18-12)14(19)17-5-1-6-20-21-7-4-16/h2-3,8-9,18H,1,4-7,16H2,(H,17,19). The van der Waals surface area contributed by atoms with Crippen molar-refractivity contribution in [2.24, 2.45) is 5.73 Å². The molecule has 21 heavy (non-hydrogen) atoms. The zero-order chi connectivity index (χ0) is 15.1. The molecule has 1 aromatic carbocycles. The molecule has 2 aromatic rings. The minimum absolute atomic E-state index is 0.161. The third-order valence-corrected chi connectivity index (χ3v) is 5.33. The molecular formula is C14H18FN3OS2. The van der Waals surface area contributed by atoms with E-state index in [1.807, 2.05) is 0 Å². The SMILES string of the molecule is NCCSSCCCNC(=O)c1cc2cc(F)ccc2[nH]1. The van der Waals surface area contributed by atoms with Crippen molar-refractivity contribution >= 4 is 38.4 Å². The number of hydrogen-bond donors (Lipinski definition) is 3. The van der Waals surface area contributed by atoms with Crippen molar-refractivity contribution in [3.8, 4) is 0 Å². The Morgan fingerprint density at radius 1 is 1.29 bits per heavy atom. The van der Waals surface area contributed by atoms with Crippen molar-refractivity contribution < 1.29 is 9.18 Å². The molecule has 0 bridgehead atoms. The number of benzene rings is 1. The third kappa shape index (κ3) is 4.94. The Morgan fingerprint density at radius 3 is 2.90 bits per heavy atom. The van der Waals surface area contributed by atoms with Crippen molar-refractivity contribution in [2.75, 3.05) is 24.6 Å². The normalized spacial score (nSPS) is 11.0. The molecule has 0 unspecified atom stereocenters. The molecule has 4 N–H and O–H groups in total. The van der Waals surface area contributed by atoms with Gasteiger partial charge in [-0.05, 0) is 30.7 Å². The van der Waals surface area contributed by atoms with E-state index in [2.05, 4.69) is 10.3 Å². The number of amides is 1. The monoisotopic (exact) mass is 327 g/mol. The molecule has 0 aliphatic heterocycles. The van der Waals surface area contributed by atoms with E-state index in [-0.39, 0.29) is 11.7 Å². The van der Waals surface area contributed by atoms with Crippen LogP contribution in [0, 0.1) is 5.82 Å². The molecule has 1 aromatic heterocycles. The van der Waals surface area contributed by atoms with Crippen LogP contribution in [0.4, 0.5) is 4.39 Å². The van der Waals surface area contributed by atoms with Crippen LogP contribution in [0.15, 0.2) is 24.3 Å². The van der Waals surface area contributed by atoms with E-state index in [4.69, 9.17) is 5.73 Å². The summed E-state index contributed by atoms with van der Waals surface area (Å²) in [5.41, 5.74) is 6.62. The first-order valence-electron chi connectivity index (χ1n) is 6.71. The van der Waals surface area contributed by atoms with Crippen LogP contribution >= 0.6 is 21.6 Å². The topological polar surface area (TPSA) is 70.9 Å². The number of fused-ring (bicyclic) bond motifs is 1. The van der Waals surface area contributed by atoms with Gasteiger partial charge in [0.15, 0.2) is 0 Å². The summed E-state index contributed by atoms with van der Waals surface area (Å²) in [7, 11) is 3.52. The second-order valence-corrected chi connectivity index (χ2v) is 7.16. The summed E-state index contributed by atoms with van der Waals surface area (Å²) >= 11 is 0. The highest BCUT2D eigenvalue weighted by atomic mass is 33.1. The van der Waals surface area contributed by atoms with Crippen LogP contribution in [-0.4, -0.2) is 35.5 Å². The Balaban J connectivity index is 1.77. The lowest BCUT2D eigenvalue weighted by atomic mass is 10.2. The van der Waals surface area contributed by atoms with Crippen molar-refractivity contribution in [3.63, 3.8) is 0 Å². The maximum Gasteiger partial charge on any atom is 0.267 e. The van der Waals surface area contributed by atoms with Crippen LogP contribution in [0.1, 0.15) is 16.9 Å². The van der Waals surface area contributed by atoms with E-state index in [1.54, 1.807) is 33.7 Å². The summed E-state index contributed by atoms with van der Waals surface area (Å²) in [4.78, 5) is 15.0. The highest BCUT2D eigenvalue weighted by molar-refractivity contribution is 8.76. The molecule has 0 radical (unpaired) electrons. The van der Waals surface area contributed by atoms with Crippen LogP contribution in [0.5, 0.6) is 0 Å². The average molecular weight is 327 g/mol. The van der Waals surface area contributed by atoms with Gasteiger partial charge in [-0.2, -0.15) is 0 Å². The molecular weight excluding hydrogens is 309 g/mol. The van der Waals surface area contributed by atoms with Crippen molar-refractivity contribution in [3.05, 3.63) is 35.8 Å². The minimum Gasteiger partial charge on any atom is -0.351 e. The molecule has 114 valence electrons. The molecule has 7 heteroatoms. The van der Waals surface area contributed by atoms with Crippen LogP contribution in [0.3, 0.4) is 0 Å². The van der Waals surface area contributed by atoms with E-state index in [9.17, 15) is 9.18 Å². The Kier molecular flexibility index (Phi) is 6.41. The van der Waals surface area contributed by atoms with Gasteiger partial charge < -0.3 is 16.0 Å². The second-order valence-electron chi connectivity index (χ2n) is 4.46. The van der Waals surface area contributed by atoms with Gasteiger partial charge in [-0.25, -0.2) is 4.39 Å². The van der Waals surface area contributed by atoms with Gasteiger partial charge >= 0.3 is 0 Å². The van der Waals surface area contributed by atoms with Crippen molar-refractivity contribution in [2.45, 2.75) is 6.42 Å². The van der Waals surface area contributed by atoms with Gasteiger partial charge in [0.1, 0.15) is 11.5 Å². The quantitative estimate of drug-likeness (QED) is 0.515. The molecule has 2 rings (SSSR count). The number of rotatable bonds is 8. The summed E-state index contributed by atoms with van der Waals surface area (Å²) in [6.45, 7) is 1.31. The van der Waals surface area contributed by atoms with E-state index in [0.29, 0.717) is 24.2 Å². The molecule has 1 amide bonds. The molecule has 0 aliphatic carbocycles. The maximum atomic E-state index is 13.1. The van der Waals surface area contributed by atoms with E-state index in [0.717, 1.165) is 23.4 Å². The number of carbonyl (C=O) groups excluding carboxylic acids is 1. The second kappa shape index (κ2) is 8.31. The lowest BCUT2D eigenvalue weighted by molar-refractivity contribution is 0.0949. The zero-order valence-corrected chi connectivity index (χ0v) is 13.2.